The van der Waals surface area contributed by atoms with Gasteiger partial charge < -0.3 is 14.8 Å². The molecule has 5 heterocycles. The number of aromatic nitrogens is 7. The zero-order chi connectivity index (χ0) is 27.4. The molecule has 206 valence electrons. The lowest BCUT2D eigenvalue weighted by Gasteiger charge is -2.46. The van der Waals surface area contributed by atoms with Crippen molar-refractivity contribution >= 4 is 11.2 Å². The number of benzene rings is 1. The Morgan fingerprint density at radius 3 is 2.54 bits per heavy atom. The molecule has 2 aliphatic heterocycles. The van der Waals surface area contributed by atoms with Crippen LogP contribution in [0.3, 0.4) is 0 Å². The summed E-state index contributed by atoms with van der Waals surface area (Å²) in [4.78, 5) is 0. The SMILES string of the molecule is COc1c(-c2cc3nnn(C4CC(C)(C)NC(C)(C)C4)c3nn2)ccc(-c2cnn(C3CCCCO3)c2)c1F. The van der Waals surface area contributed by atoms with E-state index in [4.69, 9.17) is 9.47 Å². The molecule has 1 N–H and O–H groups in total. The lowest BCUT2D eigenvalue weighted by molar-refractivity contribution is -0.0394. The van der Waals surface area contributed by atoms with Crippen LogP contribution in [0.2, 0.25) is 0 Å². The number of halogens is 1. The molecule has 3 aromatic heterocycles. The number of hydrogen-bond acceptors (Lipinski definition) is 8. The van der Waals surface area contributed by atoms with Crippen LogP contribution in [-0.2, 0) is 4.74 Å². The van der Waals surface area contributed by atoms with Crippen molar-refractivity contribution in [2.75, 3.05) is 13.7 Å². The van der Waals surface area contributed by atoms with Crippen molar-refractivity contribution in [3.05, 3.63) is 36.4 Å². The van der Waals surface area contributed by atoms with E-state index in [0.717, 1.165) is 32.1 Å². The van der Waals surface area contributed by atoms with Crippen LogP contribution in [0, 0.1) is 5.82 Å². The van der Waals surface area contributed by atoms with Gasteiger partial charge in [-0.25, -0.2) is 13.8 Å². The molecule has 0 saturated carbocycles. The fourth-order valence-electron chi connectivity index (χ4n) is 6.32. The van der Waals surface area contributed by atoms with E-state index >= 15 is 4.39 Å². The van der Waals surface area contributed by atoms with Gasteiger partial charge in [-0.05, 0) is 71.9 Å². The quantitative estimate of drug-likeness (QED) is 0.378. The van der Waals surface area contributed by atoms with Crippen LogP contribution in [0.25, 0.3) is 33.5 Å². The molecule has 1 unspecified atom stereocenters. The summed E-state index contributed by atoms with van der Waals surface area (Å²) in [6.07, 6.45) is 8.18. The first kappa shape index (κ1) is 25.8. The highest BCUT2D eigenvalue weighted by Crippen LogP contribution is 2.39. The molecule has 0 radical (unpaired) electrons. The highest BCUT2D eigenvalue weighted by atomic mass is 19.1. The van der Waals surface area contributed by atoms with E-state index in [2.05, 4.69) is 58.6 Å². The van der Waals surface area contributed by atoms with Gasteiger partial charge in [-0.1, -0.05) is 11.3 Å². The molecule has 2 saturated heterocycles. The second-order valence-electron chi connectivity index (χ2n) is 12.0. The van der Waals surface area contributed by atoms with Crippen molar-refractivity contribution < 1.29 is 13.9 Å². The van der Waals surface area contributed by atoms with Crippen molar-refractivity contribution in [2.24, 2.45) is 0 Å². The minimum atomic E-state index is -0.483. The predicted molar refractivity (Wildman–Crippen MR) is 145 cm³/mol. The number of hydrogen-bond donors (Lipinski definition) is 1. The van der Waals surface area contributed by atoms with Crippen molar-refractivity contribution in [2.45, 2.75) is 83.1 Å². The van der Waals surface area contributed by atoms with Gasteiger partial charge in [-0.15, -0.1) is 15.3 Å². The number of rotatable bonds is 5. The minimum Gasteiger partial charge on any atom is -0.493 e. The maximum atomic E-state index is 15.8. The van der Waals surface area contributed by atoms with E-state index in [1.165, 1.54) is 7.11 Å². The van der Waals surface area contributed by atoms with Crippen LogP contribution in [-0.4, -0.2) is 59.8 Å². The third-order valence-corrected chi connectivity index (χ3v) is 7.68. The molecule has 2 aliphatic rings. The standard InChI is InChI=1S/C28H35FN8O2/c1-27(2)13-18(14-28(3,4)34-27)37-26-22(32-35-37)12-21(31-33-26)20-10-9-19(24(29)25(20)38-5)17-15-30-36(16-17)23-8-6-7-11-39-23/h9-10,12,15-16,18,23,34H,6-8,11,13-14H2,1-5H3. The van der Waals surface area contributed by atoms with Gasteiger partial charge in [0.1, 0.15) is 11.7 Å². The van der Waals surface area contributed by atoms with Crippen LogP contribution in [0.5, 0.6) is 5.75 Å². The lowest BCUT2D eigenvalue weighted by Crippen LogP contribution is -2.58. The second-order valence-corrected chi connectivity index (χ2v) is 12.0. The van der Waals surface area contributed by atoms with Crippen molar-refractivity contribution in [3.63, 3.8) is 0 Å². The van der Waals surface area contributed by atoms with Gasteiger partial charge in [0.2, 0.25) is 5.65 Å². The number of methoxy groups -OCH3 is 1. The predicted octanol–water partition coefficient (Wildman–Crippen LogP) is 5.08. The summed E-state index contributed by atoms with van der Waals surface area (Å²) >= 11 is 0. The molecule has 1 aromatic carbocycles. The Hall–Kier alpha value is -3.44. The second kappa shape index (κ2) is 9.63. The molecule has 11 heteroatoms. The van der Waals surface area contributed by atoms with Gasteiger partial charge in [-0.2, -0.15) is 5.10 Å². The number of ether oxygens (including phenoxy) is 2. The normalized spacial score (nSPS) is 21.3. The summed E-state index contributed by atoms with van der Waals surface area (Å²) in [5.74, 6) is -0.388. The molecular weight excluding hydrogens is 499 g/mol. The average molecular weight is 535 g/mol. The molecule has 0 amide bonds. The molecule has 0 aliphatic carbocycles. The van der Waals surface area contributed by atoms with Crippen molar-refractivity contribution in [1.29, 1.82) is 0 Å². The molecule has 1 atom stereocenters. The summed E-state index contributed by atoms with van der Waals surface area (Å²) < 4.78 is 30.8. The molecule has 0 bridgehead atoms. The van der Waals surface area contributed by atoms with E-state index in [1.54, 1.807) is 29.1 Å². The summed E-state index contributed by atoms with van der Waals surface area (Å²) in [5.41, 5.74) is 3.14. The van der Waals surface area contributed by atoms with E-state index in [9.17, 15) is 0 Å². The first-order valence-corrected chi connectivity index (χ1v) is 13.6. The number of fused-ring (bicyclic) bond motifs is 1. The Bertz CT molecular complexity index is 1490. The van der Waals surface area contributed by atoms with Gasteiger partial charge in [0.15, 0.2) is 11.6 Å². The Balaban J connectivity index is 1.32. The molecule has 0 spiro atoms. The lowest BCUT2D eigenvalue weighted by atomic mass is 9.80. The summed E-state index contributed by atoms with van der Waals surface area (Å²) in [5, 5.41) is 25.9. The number of piperidine rings is 1. The fourth-order valence-corrected chi connectivity index (χ4v) is 6.32. The molecule has 39 heavy (non-hydrogen) atoms. The third-order valence-electron chi connectivity index (χ3n) is 7.68. The maximum absolute atomic E-state index is 15.8. The Morgan fingerprint density at radius 1 is 1.05 bits per heavy atom. The Morgan fingerprint density at radius 2 is 1.82 bits per heavy atom. The molecule has 6 rings (SSSR count). The molecule has 2 fully saturated rings. The summed E-state index contributed by atoms with van der Waals surface area (Å²) in [7, 11) is 1.45. The van der Waals surface area contributed by atoms with Crippen molar-refractivity contribution in [3.8, 4) is 28.1 Å². The van der Waals surface area contributed by atoms with Gasteiger partial charge in [0.05, 0.1) is 25.0 Å². The first-order valence-electron chi connectivity index (χ1n) is 13.6. The van der Waals surface area contributed by atoms with Gasteiger partial charge in [-0.3, -0.25) is 0 Å². The van der Waals surface area contributed by atoms with Gasteiger partial charge in [0.25, 0.3) is 0 Å². The summed E-state index contributed by atoms with van der Waals surface area (Å²) in [6, 6.07) is 5.44. The Labute approximate surface area is 226 Å². The van der Waals surface area contributed by atoms with E-state index in [0.29, 0.717) is 40.2 Å². The summed E-state index contributed by atoms with van der Waals surface area (Å²) in [6.45, 7) is 9.50. The highest BCUT2D eigenvalue weighted by Gasteiger charge is 2.39. The van der Waals surface area contributed by atoms with Crippen molar-refractivity contribution in [1.82, 2.24) is 40.3 Å². The Kier molecular flexibility index (Phi) is 6.38. The topological polar surface area (TPSA) is 105 Å². The maximum Gasteiger partial charge on any atom is 0.201 e. The average Bonchev–Trinajstić information content (AvgIpc) is 3.54. The molecular formula is C28H35FN8O2. The van der Waals surface area contributed by atoms with Crippen LogP contribution >= 0.6 is 0 Å². The third kappa shape index (κ3) is 4.89. The molecule has 4 aromatic rings. The first-order chi connectivity index (χ1) is 18.6. The highest BCUT2D eigenvalue weighted by molar-refractivity contribution is 5.80. The van der Waals surface area contributed by atoms with Crippen LogP contribution in [0.4, 0.5) is 4.39 Å². The van der Waals surface area contributed by atoms with Crippen LogP contribution in [0.1, 0.15) is 72.1 Å². The van der Waals surface area contributed by atoms with E-state index in [1.807, 2.05) is 10.9 Å². The van der Waals surface area contributed by atoms with Crippen LogP contribution < -0.4 is 10.1 Å². The zero-order valence-corrected chi connectivity index (χ0v) is 23.1. The monoisotopic (exact) mass is 534 g/mol. The van der Waals surface area contributed by atoms with Crippen LogP contribution in [0.15, 0.2) is 30.6 Å². The van der Waals surface area contributed by atoms with E-state index in [-0.39, 0.29) is 29.1 Å². The van der Waals surface area contributed by atoms with Gasteiger partial charge in [0, 0.05) is 40.6 Å². The zero-order valence-electron chi connectivity index (χ0n) is 23.1. The van der Waals surface area contributed by atoms with Gasteiger partial charge >= 0.3 is 0 Å². The molecule has 10 nitrogen and oxygen atoms in total. The number of nitrogens with zero attached hydrogens (tertiary/aromatic N) is 7. The minimum absolute atomic E-state index is 0.0510. The smallest absolute Gasteiger partial charge is 0.201 e. The van der Waals surface area contributed by atoms with E-state index < -0.39 is 5.82 Å². The number of nitrogens with one attached hydrogen (secondary N) is 1. The largest absolute Gasteiger partial charge is 0.493 e. The fraction of sp³-hybridized carbons (Fsp3) is 0.536.